The minimum Gasteiger partial charge on any atom is -0.462 e. The highest BCUT2D eigenvalue weighted by Gasteiger charge is 2.62. The van der Waals surface area contributed by atoms with Crippen LogP contribution in [0.2, 0.25) is 0 Å². The number of hydrogen-bond acceptors (Lipinski definition) is 11. The maximum atomic E-state index is 14.9. The number of carbonyl (C=O) groups excluding carboxylic acids is 4. The van der Waals surface area contributed by atoms with Crippen LogP contribution in [0.25, 0.3) is 10.9 Å². The molecule has 3 amide bonds. The van der Waals surface area contributed by atoms with E-state index in [4.69, 9.17) is 9.47 Å². The molecular weight excluding hydrogens is 765 g/mol. The van der Waals surface area contributed by atoms with E-state index < -0.39 is 68.5 Å². The Balaban J connectivity index is 1.16. The van der Waals surface area contributed by atoms with E-state index in [1.807, 2.05) is 12.2 Å². The fourth-order valence-corrected chi connectivity index (χ4v) is 10.9. The second kappa shape index (κ2) is 16.0. The Morgan fingerprint density at radius 3 is 2.50 bits per heavy atom. The van der Waals surface area contributed by atoms with Crippen molar-refractivity contribution in [1.29, 1.82) is 5.26 Å². The van der Waals surface area contributed by atoms with E-state index in [1.54, 1.807) is 12.1 Å². The first-order chi connectivity index (χ1) is 27.9. The number of rotatable bonds is 7. The second-order valence-electron chi connectivity index (χ2n) is 16.9. The summed E-state index contributed by atoms with van der Waals surface area (Å²) in [5.74, 6) is -3.65. The Bertz CT molecular complexity index is 2260. The Morgan fingerprint density at radius 2 is 1.78 bits per heavy atom. The van der Waals surface area contributed by atoms with Crippen LogP contribution < -0.4 is 20.3 Å². The molecule has 1 aromatic carbocycles. The normalized spacial score (nSPS) is 31.1. The van der Waals surface area contributed by atoms with E-state index in [1.165, 1.54) is 21.6 Å². The number of amides is 3. The standard InChI is InChI=1S/C42H50N6O9S/c1-2-28-22-42(28,40(53)46-58(54,55)30-15-16-30)45-37(50)34-20-29-24-48(34)39(52)32(26-9-5-6-10-26)21-36(49)57-35-13-8-12-27(35)11-4-3-7-18-47-38(51)31-17-14-25(23-43)19-33(31)44-41(47)56-29/h2-3,7,14,17,19,26-30,32,34-35H,1,4-6,8-13,15-16,18,20-22,24H2,(H,45,50)(H,46,53)/b7-3+/t27-,28+,29-,32+,34+,35-,42-/m1/s1. The topological polar surface area (TPSA) is 207 Å². The number of allylic oxidation sites excluding steroid dienone is 2. The highest BCUT2D eigenvalue weighted by molar-refractivity contribution is 7.91. The van der Waals surface area contributed by atoms with Gasteiger partial charge in [-0.25, -0.2) is 8.42 Å². The molecule has 4 saturated carbocycles. The highest BCUT2D eigenvalue weighted by atomic mass is 32.2. The number of nitrogens with one attached hydrogen (secondary N) is 2. The predicted octanol–water partition coefficient (Wildman–Crippen LogP) is 3.54. The molecule has 2 aliphatic heterocycles. The van der Waals surface area contributed by atoms with Gasteiger partial charge >= 0.3 is 5.97 Å². The first-order valence-corrected chi connectivity index (χ1v) is 22.2. The van der Waals surface area contributed by atoms with Gasteiger partial charge in [-0.15, -0.1) is 6.58 Å². The van der Waals surface area contributed by atoms with Gasteiger partial charge in [0.1, 0.15) is 23.8 Å². The van der Waals surface area contributed by atoms with Gasteiger partial charge in [0, 0.05) is 18.9 Å². The fourth-order valence-electron chi connectivity index (χ4n) is 9.59. The molecule has 5 fully saturated rings. The average Bonchev–Trinajstić information content (AvgIpc) is 3.99. The number of esters is 1. The number of fused-ring (bicyclic) bond motifs is 5. The zero-order valence-corrected chi connectivity index (χ0v) is 33.3. The highest BCUT2D eigenvalue weighted by Crippen LogP contribution is 2.46. The quantitative estimate of drug-likeness (QED) is 0.305. The van der Waals surface area contributed by atoms with E-state index in [0.29, 0.717) is 30.2 Å². The summed E-state index contributed by atoms with van der Waals surface area (Å²) in [6.45, 7) is 3.82. The molecule has 3 heterocycles. The first kappa shape index (κ1) is 39.8. The molecule has 0 unspecified atom stereocenters. The maximum Gasteiger partial charge on any atom is 0.306 e. The zero-order valence-electron chi connectivity index (χ0n) is 32.5. The van der Waals surface area contributed by atoms with E-state index in [9.17, 15) is 37.7 Å². The molecule has 1 saturated heterocycles. The zero-order chi connectivity index (χ0) is 40.8. The average molecular weight is 815 g/mol. The lowest BCUT2D eigenvalue weighted by molar-refractivity contribution is -0.156. The van der Waals surface area contributed by atoms with Crippen molar-refractivity contribution in [3.8, 4) is 12.1 Å². The van der Waals surface area contributed by atoms with Crippen LogP contribution in [0, 0.1) is 35.0 Å². The van der Waals surface area contributed by atoms with Gasteiger partial charge in [0.25, 0.3) is 17.5 Å². The van der Waals surface area contributed by atoms with Crippen LogP contribution in [0.5, 0.6) is 6.01 Å². The van der Waals surface area contributed by atoms with Crippen molar-refractivity contribution in [1.82, 2.24) is 24.5 Å². The van der Waals surface area contributed by atoms with Crippen LogP contribution in [0.4, 0.5) is 0 Å². The van der Waals surface area contributed by atoms with Crippen molar-refractivity contribution in [3.63, 3.8) is 0 Å². The van der Waals surface area contributed by atoms with Crippen molar-refractivity contribution < 1.29 is 37.1 Å². The van der Waals surface area contributed by atoms with Gasteiger partial charge in [0.05, 0.1) is 46.7 Å². The van der Waals surface area contributed by atoms with Gasteiger partial charge in [-0.1, -0.05) is 31.1 Å². The SMILES string of the molecule is C=C[C@H]1C[C@]1(NC(=O)[C@@H]1C[C@@H]2CN1C(=O)[C@H](C1CCCC1)CC(=O)O[C@@H]1CCC[C@H]1CC/C=C/Cn1c(nc3cc(C#N)ccc3c1=O)O2)C(=O)NS(=O)(=O)C1CC1. The molecule has 6 aliphatic rings. The molecule has 2 aromatic rings. The molecule has 2 bridgehead atoms. The smallest absolute Gasteiger partial charge is 0.306 e. The van der Waals surface area contributed by atoms with Crippen LogP contribution >= 0.6 is 0 Å². The largest absolute Gasteiger partial charge is 0.462 e. The van der Waals surface area contributed by atoms with Gasteiger partial charge < -0.3 is 19.7 Å². The van der Waals surface area contributed by atoms with Gasteiger partial charge in [-0.05, 0) is 94.2 Å². The molecule has 0 spiro atoms. The third-order valence-corrected chi connectivity index (χ3v) is 14.9. The Hall–Kier alpha value is -5.04. The lowest BCUT2D eigenvalue weighted by Gasteiger charge is -2.32. The number of benzene rings is 1. The third kappa shape index (κ3) is 7.89. The molecule has 58 heavy (non-hydrogen) atoms. The molecule has 16 heteroatoms. The number of aromatic nitrogens is 2. The van der Waals surface area contributed by atoms with Crippen LogP contribution in [0.1, 0.15) is 95.5 Å². The molecule has 0 radical (unpaired) electrons. The minimum atomic E-state index is -3.93. The van der Waals surface area contributed by atoms with Crippen LogP contribution in [0.15, 0.2) is 47.8 Å². The molecule has 15 nitrogen and oxygen atoms in total. The summed E-state index contributed by atoms with van der Waals surface area (Å²) in [5.41, 5.74) is -1.40. The number of nitrogens with zero attached hydrogens (tertiary/aromatic N) is 4. The maximum absolute atomic E-state index is 14.9. The fraction of sp³-hybridized carbons (Fsp3) is 0.595. The first-order valence-electron chi connectivity index (χ1n) is 20.7. The molecule has 2 N–H and O–H groups in total. The second-order valence-corrected chi connectivity index (χ2v) is 18.9. The number of carbonyl (C=O) groups is 4. The summed E-state index contributed by atoms with van der Waals surface area (Å²) in [6, 6.07) is 5.47. The van der Waals surface area contributed by atoms with Gasteiger partial charge in [-0.2, -0.15) is 10.2 Å². The van der Waals surface area contributed by atoms with E-state index in [-0.39, 0.29) is 67.4 Å². The molecule has 308 valence electrons. The molecular formula is C42H50N6O9S. The van der Waals surface area contributed by atoms with E-state index in [0.717, 1.165) is 51.4 Å². The molecule has 4 aliphatic carbocycles. The van der Waals surface area contributed by atoms with Crippen molar-refractivity contribution >= 4 is 44.6 Å². The van der Waals surface area contributed by atoms with Crippen molar-refractivity contribution in [2.45, 2.75) is 125 Å². The van der Waals surface area contributed by atoms with Crippen molar-refractivity contribution in [2.75, 3.05) is 6.54 Å². The number of hydrogen-bond donors (Lipinski definition) is 2. The summed E-state index contributed by atoms with van der Waals surface area (Å²) >= 11 is 0. The molecule has 7 atom stereocenters. The van der Waals surface area contributed by atoms with Gasteiger partial charge in [0.2, 0.25) is 21.8 Å². The van der Waals surface area contributed by atoms with Crippen LogP contribution in [-0.2, 0) is 40.5 Å². The van der Waals surface area contributed by atoms with E-state index in [2.05, 4.69) is 27.7 Å². The van der Waals surface area contributed by atoms with Crippen LogP contribution in [0.3, 0.4) is 0 Å². The third-order valence-electron chi connectivity index (χ3n) is 13.1. The summed E-state index contributed by atoms with van der Waals surface area (Å²) in [4.78, 5) is 76.8. The number of sulfonamides is 1. The number of nitriles is 1. The van der Waals surface area contributed by atoms with Crippen molar-refractivity contribution in [2.24, 2.45) is 23.7 Å². The van der Waals surface area contributed by atoms with Gasteiger partial charge in [-0.3, -0.25) is 33.3 Å². The lowest BCUT2D eigenvalue weighted by atomic mass is 9.86. The predicted molar refractivity (Wildman–Crippen MR) is 210 cm³/mol. The Kier molecular flexibility index (Phi) is 10.9. The summed E-state index contributed by atoms with van der Waals surface area (Å²) in [6.07, 6.45) is 12.4. The number of ether oxygens (including phenoxy) is 2. The minimum absolute atomic E-state index is 0.0429. The van der Waals surface area contributed by atoms with Gasteiger partial charge in [0.15, 0.2) is 0 Å². The monoisotopic (exact) mass is 814 g/mol. The summed E-state index contributed by atoms with van der Waals surface area (Å²) in [7, 11) is -3.93. The van der Waals surface area contributed by atoms with Crippen LogP contribution in [-0.4, -0.2) is 82.1 Å². The summed E-state index contributed by atoms with van der Waals surface area (Å²) < 4.78 is 41.8. The summed E-state index contributed by atoms with van der Waals surface area (Å²) in [5, 5.41) is 12.0. The van der Waals surface area contributed by atoms with E-state index >= 15 is 0 Å². The Morgan fingerprint density at radius 1 is 1.00 bits per heavy atom. The molecule has 8 rings (SSSR count). The van der Waals surface area contributed by atoms with Crippen molar-refractivity contribution in [3.05, 3.63) is 58.9 Å². The lowest BCUT2D eigenvalue weighted by Crippen LogP contribution is -2.57. The molecule has 1 aromatic heterocycles. The Labute approximate surface area is 337 Å².